The lowest BCUT2D eigenvalue weighted by Crippen LogP contribution is -2.42. The Morgan fingerprint density at radius 1 is 1.00 bits per heavy atom. The standard InChI is InChI=1S/C21H25N5O6.BrH.ClH/c22-20(23)24-12-4-7-18(25-21(28)32-14-15-5-2-1-3-6-15)19(27)31-13-16-8-10-17(11-9-16)26(29)30;;/h1-3,5-6,8-11,18H,4,7,12-14H2,(H,25,28)(H4,22,23,24);2*1H/t18-;;/m0../s1. The summed E-state index contributed by atoms with van der Waals surface area (Å²) in [4.78, 5) is 38.8. The second kappa shape index (κ2) is 16.3. The number of nitrogens with zero attached hydrogens (tertiary/aromatic N) is 2. The molecule has 0 aromatic heterocycles. The number of carbonyl (C=O) groups is 2. The highest BCUT2D eigenvalue weighted by molar-refractivity contribution is 8.93. The monoisotopic (exact) mass is 559 g/mol. The molecule has 34 heavy (non-hydrogen) atoms. The first-order chi connectivity index (χ1) is 15.3. The van der Waals surface area contributed by atoms with Crippen LogP contribution >= 0.6 is 29.4 Å². The minimum absolute atomic E-state index is 0. The van der Waals surface area contributed by atoms with Crippen LogP contribution < -0.4 is 16.8 Å². The highest BCUT2D eigenvalue weighted by Crippen LogP contribution is 2.13. The number of nitrogens with one attached hydrogen (secondary N) is 1. The highest BCUT2D eigenvalue weighted by atomic mass is 79.9. The Hall–Kier alpha value is -3.38. The summed E-state index contributed by atoms with van der Waals surface area (Å²) in [6, 6.07) is 13.7. The zero-order valence-corrected chi connectivity index (χ0v) is 20.7. The summed E-state index contributed by atoms with van der Waals surface area (Å²) < 4.78 is 10.4. The molecule has 0 aliphatic heterocycles. The van der Waals surface area contributed by atoms with Crippen LogP contribution in [0, 0.1) is 10.1 Å². The van der Waals surface area contributed by atoms with Crippen LogP contribution in [0.2, 0.25) is 0 Å². The predicted octanol–water partition coefficient (Wildman–Crippen LogP) is 2.99. The van der Waals surface area contributed by atoms with Crippen molar-refractivity contribution in [3.63, 3.8) is 0 Å². The van der Waals surface area contributed by atoms with Gasteiger partial charge >= 0.3 is 12.1 Å². The van der Waals surface area contributed by atoms with Crippen molar-refractivity contribution < 1.29 is 24.0 Å². The van der Waals surface area contributed by atoms with E-state index < -0.39 is 23.0 Å². The lowest BCUT2D eigenvalue weighted by molar-refractivity contribution is -0.384. The maximum atomic E-state index is 12.5. The van der Waals surface area contributed by atoms with Gasteiger partial charge in [0.05, 0.1) is 4.92 Å². The van der Waals surface area contributed by atoms with E-state index in [1.165, 1.54) is 24.3 Å². The molecule has 1 amide bonds. The zero-order chi connectivity index (χ0) is 23.3. The number of hydrogen-bond acceptors (Lipinski definition) is 7. The van der Waals surface area contributed by atoms with Crippen LogP contribution in [-0.4, -0.2) is 35.5 Å². The number of guanidine groups is 1. The van der Waals surface area contributed by atoms with E-state index in [1.807, 2.05) is 18.2 Å². The van der Waals surface area contributed by atoms with Gasteiger partial charge < -0.3 is 26.3 Å². The van der Waals surface area contributed by atoms with Gasteiger partial charge in [0, 0.05) is 18.7 Å². The molecule has 0 saturated heterocycles. The topological polar surface area (TPSA) is 172 Å². The second-order valence-corrected chi connectivity index (χ2v) is 6.74. The Balaban J connectivity index is 0.00000544. The molecule has 186 valence electrons. The molecule has 0 bridgehead atoms. The summed E-state index contributed by atoms with van der Waals surface area (Å²) >= 11 is 0. The number of rotatable bonds is 11. The molecular weight excluding hydrogens is 534 g/mol. The summed E-state index contributed by atoms with van der Waals surface area (Å²) in [5.74, 6) is -0.748. The minimum Gasteiger partial charge on any atom is -0.459 e. The van der Waals surface area contributed by atoms with E-state index in [0.717, 1.165) is 5.56 Å². The quantitative estimate of drug-likeness (QED) is 0.0939. The molecule has 0 spiro atoms. The Morgan fingerprint density at radius 3 is 2.18 bits per heavy atom. The zero-order valence-electron chi connectivity index (χ0n) is 18.1. The van der Waals surface area contributed by atoms with E-state index in [4.69, 9.17) is 20.9 Å². The predicted molar refractivity (Wildman–Crippen MR) is 134 cm³/mol. The Bertz CT molecular complexity index is 942. The number of carbonyl (C=O) groups excluding carboxylic acids is 2. The van der Waals surface area contributed by atoms with Crippen molar-refractivity contribution in [1.29, 1.82) is 0 Å². The largest absolute Gasteiger partial charge is 0.459 e. The molecule has 0 fully saturated rings. The van der Waals surface area contributed by atoms with Gasteiger partial charge in [0.2, 0.25) is 0 Å². The van der Waals surface area contributed by atoms with Crippen molar-refractivity contribution in [3.8, 4) is 0 Å². The minimum atomic E-state index is -0.981. The normalized spacial score (nSPS) is 10.5. The number of alkyl carbamates (subject to hydrolysis) is 1. The number of nitro benzene ring substituents is 1. The van der Waals surface area contributed by atoms with E-state index in [9.17, 15) is 19.7 Å². The van der Waals surface area contributed by atoms with E-state index in [-0.39, 0.29) is 67.2 Å². The molecule has 2 aromatic carbocycles. The summed E-state index contributed by atoms with van der Waals surface area (Å²) in [5, 5.41) is 13.2. The first-order valence-corrected chi connectivity index (χ1v) is 9.77. The van der Waals surface area contributed by atoms with Gasteiger partial charge in [-0.1, -0.05) is 30.3 Å². The van der Waals surface area contributed by atoms with Crippen LogP contribution in [-0.2, 0) is 27.5 Å². The number of ether oxygens (including phenoxy) is 2. The summed E-state index contributed by atoms with van der Waals surface area (Å²) in [7, 11) is 0. The van der Waals surface area contributed by atoms with Crippen LogP contribution in [0.25, 0.3) is 0 Å². The number of esters is 1. The fourth-order valence-electron chi connectivity index (χ4n) is 2.63. The maximum Gasteiger partial charge on any atom is 0.408 e. The number of halogens is 2. The van der Waals surface area contributed by atoms with E-state index >= 15 is 0 Å². The number of benzene rings is 2. The van der Waals surface area contributed by atoms with Crippen molar-refractivity contribution in [2.24, 2.45) is 16.5 Å². The molecule has 2 rings (SSSR count). The van der Waals surface area contributed by atoms with E-state index in [1.54, 1.807) is 12.1 Å². The van der Waals surface area contributed by atoms with Gasteiger partial charge in [-0.25, -0.2) is 9.59 Å². The number of nitrogens with two attached hydrogens (primary N) is 2. The first-order valence-electron chi connectivity index (χ1n) is 9.77. The molecule has 2 aromatic rings. The highest BCUT2D eigenvalue weighted by Gasteiger charge is 2.23. The second-order valence-electron chi connectivity index (χ2n) is 6.74. The maximum absolute atomic E-state index is 12.5. The molecule has 11 nitrogen and oxygen atoms in total. The molecule has 1 atom stereocenters. The molecule has 13 heteroatoms. The fourth-order valence-corrected chi connectivity index (χ4v) is 2.63. The van der Waals surface area contributed by atoms with Crippen molar-refractivity contribution in [2.75, 3.05) is 6.54 Å². The lowest BCUT2D eigenvalue weighted by atomic mass is 10.1. The molecule has 0 unspecified atom stereocenters. The third-order valence-electron chi connectivity index (χ3n) is 4.26. The van der Waals surface area contributed by atoms with Crippen LogP contribution in [0.5, 0.6) is 0 Å². The molecule has 0 radical (unpaired) electrons. The smallest absolute Gasteiger partial charge is 0.408 e. The number of amides is 1. The molecule has 0 aliphatic rings. The van der Waals surface area contributed by atoms with Gasteiger partial charge in [0.25, 0.3) is 5.69 Å². The van der Waals surface area contributed by atoms with Crippen molar-refractivity contribution in [2.45, 2.75) is 32.1 Å². The van der Waals surface area contributed by atoms with Gasteiger partial charge in [0.15, 0.2) is 5.96 Å². The Labute approximate surface area is 213 Å². The Kier molecular flexibility index (Phi) is 14.6. The lowest BCUT2D eigenvalue weighted by Gasteiger charge is -2.17. The van der Waals surface area contributed by atoms with Gasteiger partial charge in [-0.2, -0.15) is 0 Å². The van der Waals surface area contributed by atoms with E-state index in [2.05, 4.69) is 10.3 Å². The number of non-ortho nitro benzene ring substituents is 1. The van der Waals surface area contributed by atoms with Crippen LogP contribution in [0.4, 0.5) is 10.5 Å². The molecule has 0 saturated carbocycles. The number of hydrogen-bond donors (Lipinski definition) is 3. The fraction of sp³-hybridized carbons (Fsp3) is 0.286. The number of nitro groups is 1. The SMILES string of the molecule is Br.Cl.NC(N)=NCCC[C@H](NC(=O)OCc1ccccc1)C(=O)OCc1ccc([N+](=O)[O-])cc1. The van der Waals surface area contributed by atoms with Gasteiger partial charge in [-0.15, -0.1) is 29.4 Å². The number of aliphatic imine (C=N–C) groups is 1. The van der Waals surface area contributed by atoms with Crippen molar-refractivity contribution >= 4 is 53.1 Å². The van der Waals surface area contributed by atoms with Gasteiger partial charge in [-0.3, -0.25) is 15.1 Å². The van der Waals surface area contributed by atoms with Crippen molar-refractivity contribution in [1.82, 2.24) is 5.32 Å². The third-order valence-corrected chi connectivity index (χ3v) is 4.26. The average molecular weight is 561 g/mol. The summed E-state index contributed by atoms with van der Waals surface area (Å²) in [6.07, 6.45) is -0.141. The van der Waals surface area contributed by atoms with Gasteiger partial charge in [0.1, 0.15) is 19.3 Å². The first kappa shape index (κ1) is 30.6. The average Bonchev–Trinajstić information content (AvgIpc) is 2.78. The van der Waals surface area contributed by atoms with Crippen LogP contribution in [0.1, 0.15) is 24.0 Å². The molecule has 0 heterocycles. The third kappa shape index (κ3) is 11.5. The van der Waals surface area contributed by atoms with E-state index in [0.29, 0.717) is 12.0 Å². The van der Waals surface area contributed by atoms with Crippen LogP contribution in [0.15, 0.2) is 59.6 Å². The molecule has 5 N–H and O–H groups in total. The summed E-state index contributed by atoms with van der Waals surface area (Å²) in [5.41, 5.74) is 11.9. The molecular formula is C21H27BrClN5O6. The summed E-state index contributed by atoms with van der Waals surface area (Å²) in [6.45, 7) is 0.211. The Morgan fingerprint density at radius 2 is 1.59 bits per heavy atom. The molecule has 0 aliphatic carbocycles. The van der Waals surface area contributed by atoms with Gasteiger partial charge in [-0.05, 0) is 36.1 Å². The van der Waals surface area contributed by atoms with Crippen LogP contribution in [0.3, 0.4) is 0 Å². The van der Waals surface area contributed by atoms with Crippen molar-refractivity contribution in [3.05, 3.63) is 75.8 Å².